The van der Waals surface area contributed by atoms with Crippen LogP contribution in [-0.4, -0.2) is 35.7 Å². The third kappa shape index (κ3) is 5.62. The third-order valence-electron chi connectivity index (χ3n) is 4.52. The zero-order valence-corrected chi connectivity index (χ0v) is 15.7. The number of rotatable bonds is 7. The van der Waals surface area contributed by atoms with Crippen molar-refractivity contribution in [3.63, 3.8) is 0 Å². The molecule has 0 aliphatic carbocycles. The second-order valence-electron chi connectivity index (χ2n) is 6.53. The first kappa shape index (κ1) is 19.0. The highest BCUT2D eigenvalue weighted by atomic mass is 16.5. The second kappa shape index (κ2) is 9.83. The fraction of sp³-hybridized carbons (Fsp3) is 0.381. The van der Waals surface area contributed by atoms with Crippen LogP contribution in [0.3, 0.4) is 0 Å². The zero-order valence-electron chi connectivity index (χ0n) is 15.7. The molecule has 1 atom stereocenters. The minimum atomic E-state index is 0.204. The number of hydrogen-bond donors (Lipinski definition) is 1. The van der Waals surface area contributed by atoms with E-state index in [-0.39, 0.29) is 6.10 Å². The van der Waals surface area contributed by atoms with E-state index in [1.165, 1.54) is 6.42 Å². The number of aliphatic imine (C=N–C) groups is 1. The Labute approximate surface area is 160 Å². The van der Waals surface area contributed by atoms with E-state index >= 15 is 0 Å². The Morgan fingerprint density at radius 2 is 2.07 bits per heavy atom. The van der Waals surface area contributed by atoms with Gasteiger partial charge in [0.05, 0.1) is 24.1 Å². The molecule has 0 radical (unpaired) electrons. The van der Waals surface area contributed by atoms with Gasteiger partial charge in [-0.2, -0.15) is 5.10 Å². The van der Waals surface area contributed by atoms with Crippen molar-refractivity contribution in [2.75, 3.05) is 13.2 Å². The number of nitrogens with zero attached hydrogens (tertiary/aromatic N) is 3. The Bertz CT molecular complexity index is 767. The molecule has 1 aromatic carbocycles. The van der Waals surface area contributed by atoms with E-state index in [4.69, 9.17) is 15.3 Å². The number of benzene rings is 1. The van der Waals surface area contributed by atoms with Crippen LogP contribution < -0.4 is 10.6 Å². The van der Waals surface area contributed by atoms with Gasteiger partial charge in [-0.15, -0.1) is 0 Å². The topological polar surface area (TPSA) is 82.1 Å². The molecule has 3 rings (SSSR count). The van der Waals surface area contributed by atoms with Crippen LogP contribution in [0, 0.1) is 0 Å². The summed E-state index contributed by atoms with van der Waals surface area (Å²) in [5.41, 5.74) is 3.29. The van der Waals surface area contributed by atoms with Gasteiger partial charge in [-0.25, -0.2) is 0 Å². The monoisotopic (exact) mass is 366 g/mol. The molecule has 0 amide bonds. The van der Waals surface area contributed by atoms with E-state index in [0.717, 1.165) is 42.2 Å². The molecule has 142 valence electrons. The maximum Gasteiger partial charge on any atom is 0.130 e. The smallest absolute Gasteiger partial charge is 0.130 e. The molecular formula is C21H26N4O2. The van der Waals surface area contributed by atoms with Crippen LogP contribution in [0.5, 0.6) is 5.75 Å². The molecule has 2 N–H and O–H groups in total. The van der Waals surface area contributed by atoms with Gasteiger partial charge in [-0.05, 0) is 62.6 Å². The Hall–Kier alpha value is -2.73. The van der Waals surface area contributed by atoms with Gasteiger partial charge in [0.15, 0.2) is 0 Å². The van der Waals surface area contributed by atoms with E-state index in [1.54, 1.807) is 6.20 Å². The number of aromatic nitrogens is 1. The molecule has 1 aliphatic heterocycles. The van der Waals surface area contributed by atoms with Crippen LogP contribution in [0.25, 0.3) is 0 Å². The van der Waals surface area contributed by atoms with Crippen molar-refractivity contribution in [3.05, 3.63) is 59.9 Å². The summed E-state index contributed by atoms with van der Waals surface area (Å²) in [6.45, 7) is 3.84. The average Bonchev–Trinajstić information content (AvgIpc) is 2.74. The lowest BCUT2D eigenvalue weighted by Gasteiger charge is -2.21. The fourth-order valence-electron chi connectivity index (χ4n) is 2.99. The van der Waals surface area contributed by atoms with Crippen LogP contribution >= 0.6 is 0 Å². The molecule has 1 aliphatic rings. The third-order valence-corrected chi connectivity index (χ3v) is 4.52. The molecule has 2 aromatic rings. The van der Waals surface area contributed by atoms with Crippen LogP contribution in [0.15, 0.2) is 58.8 Å². The van der Waals surface area contributed by atoms with Crippen molar-refractivity contribution in [1.82, 2.24) is 4.98 Å². The Morgan fingerprint density at radius 3 is 2.74 bits per heavy atom. The first-order chi connectivity index (χ1) is 13.3. The molecule has 27 heavy (non-hydrogen) atoms. The number of hydrogen-bond acceptors (Lipinski definition) is 6. The van der Waals surface area contributed by atoms with Gasteiger partial charge >= 0.3 is 0 Å². The molecule has 0 spiro atoms. The summed E-state index contributed by atoms with van der Waals surface area (Å²) < 4.78 is 11.5. The van der Waals surface area contributed by atoms with E-state index < -0.39 is 0 Å². The van der Waals surface area contributed by atoms with Gasteiger partial charge in [0.25, 0.3) is 0 Å². The molecule has 1 aromatic heterocycles. The molecule has 0 bridgehead atoms. The van der Waals surface area contributed by atoms with Crippen molar-refractivity contribution in [3.8, 4) is 5.75 Å². The summed E-state index contributed by atoms with van der Waals surface area (Å²) in [5.74, 6) is 6.39. The summed E-state index contributed by atoms with van der Waals surface area (Å²) in [7, 11) is 0. The Balaban J connectivity index is 1.59. The molecule has 1 unspecified atom stereocenters. The Kier molecular flexibility index (Phi) is 6.93. The quantitative estimate of drug-likeness (QED) is 0.463. The first-order valence-electron chi connectivity index (χ1n) is 9.30. The summed E-state index contributed by atoms with van der Waals surface area (Å²) in [6.07, 6.45) is 5.37. The highest BCUT2D eigenvalue weighted by molar-refractivity contribution is 6.47. The van der Waals surface area contributed by atoms with Crippen molar-refractivity contribution in [2.45, 2.75) is 38.9 Å². The highest BCUT2D eigenvalue weighted by Crippen LogP contribution is 2.16. The first-order valence-corrected chi connectivity index (χ1v) is 9.30. The Morgan fingerprint density at radius 1 is 1.22 bits per heavy atom. The summed E-state index contributed by atoms with van der Waals surface area (Å²) in [6, 6.07) is 13.5. The maximum atomic E-state index is 5.77. The van der Waals surface area contributed by atoms with Crippen molar-refractivity contribution in [1.29, 1.82) is 0 Å². The van der Waals surface area contributed by atoms with Gasteiger partial charge in [-0.3, -0.25) is 9.98 Å². The normalized spacial score (nSPS) is 18.3. The van der Waals surface area contributed by atoms with E-state index in [0.29, 0.717) is 18.9 Å². The molecule has 0 saturated carbocycles. The lowest BCUT2D eigenvalue weighted by Crippen LogP contribution is -2.23. The lowest BCUT2D eigenvalue weighted by molar-refractivity contribution is 0.0225. The molecule has 1 fully saturated rings. The predicted octanol–water partition coefficient (Wildman–Crippen LogP) is 3.35. The maximum absolute atomic E-state index is 5.77. The van der Waals surface area contributed by atoms with Crippen LogP contribution in [0.4, 0.5) is 0 Å². The molecule has 1 saturated heterocycles. The van der Waals surface area contributed by atoms with E-state index in [9.17, 15) is 0 Å². The summed E-state index contributed by atoms with van der Waals surface area (Å²) >= 11 is 0. The minimum absolute atomic E-state index is 0.204. The van der Waals surface area contributed by atoms with Crippen molar-refractivity contribution >= 4 is 11.4 Å². The highest BCUT2D eigenvalue weighted by Gasteiger charge is 2.14. The predicted molar refractivity (Wildman–Crippen MR) is 107 cm³/mol. The van der Waals surface area contributed by atoms with Gasteiger partial charge < -0.3 is 15.3 Å². The van der Waals surface area contributed by atoms with Gasteiger partial charge in [-0.1, -0.05) is 6.07 Å². The zero-order chi connectivity index (χ0) is 18.9. The summed E-state index contributed by atoms with van der Waals surface area (Å²) in [4.78, 5) is 8.88. The van der Waals surface area contributed by atoms with Gasteiger partial charge in [0, 0.05) is 18.4 Å². The number of hydrazone groups is 1. The summed E-state index contributed by atoms with van der Waals surface area (Å²) in [5, 5.41) is 3.94. The van der Waals surface area contributed by atoms with Crippen LogP contribution in [-0.2, 0) is 11.3 Å². The number of nitrogens with two attached hydrogens (primary N) is 1. The van der Waals surface area contributed by atoms with E-state index in [1.807, 2.05) is 49.4 Å². The van der Waals surface area contributed by atoms with Crippen molar-refractivity contribution < 1.29 is 9.47 Å². The SMILES string of the molecule is CC(=NCC1CCCCO1)/C(=N\N)c1ccc(OCc2ccccn2)cc1. The standard InChI is InChI=1S/C21H26N4O2/c1-16(24-14-20-7-3-5-13-26-20)21(25-22)17-8-10-19(11-9-17)27-15-18-6-2-4-12-23-18/h2,4,6,8-12,20H,3,5,7,13-15,22H2,1H3/b24-16?,25-21+. The molecule has 6 heteroatoms. The van der Waals surface area contributed by atoms with E-state index in [2.05, 4.69) is 15.1 Å². The van der Waals surface area contributed by atoms with Gasteiger partial charge in [0.1, 0.15) is 18.1 Å². The lowest BCUT2D eigenvalue weighted by atomic mass is 10.1. The van der Waals surface area contributed by atoms with Crippen LogP contribution in [0.2, 0.25) is 0 Å². The van der Waals surface area contributed by atoms with Gasteiger partial charge in [0.2, 0.25) is 0 Å². The number of ether oxygens (including phenoxy) is 2. The largest absolute Gasteiger partial charge is 0.487 e. The average molecular weight is 366 g/mol. The van der Waals surface area contributed by atoms with Crippen molar-refractivity contribution in [2.24, 2.45) is 15.9 Å². The second-order valence-corrected chi connectivity index (χ2v) is 6.53. The minimum Gasteiger partial charge on any atom is -0.487 e. The molecule has 6 nitrogen and oxygen atoms in total. The fourth-order valence-corrected chi connectivity index (χ4v) is 2.99. The number of pyridine rings is 1. The molecule has 2 heterocycles. The molecular weight excluding hydrogens is 340 g/mol. The van der Waals surface area contributed by atoms with Crippen LogP contribution in [0.1, 0.15) is 37.4 Å².